The largest absolute Gasteiger partial charge is 0.458 e. The fourth-order valence-corrected chi connectivity index (χ4v) is 4.15. The minimum Gasteiger partial charge on any atom is -0.458 e. The third-order valence-electron chi connectivity index (χ3n) is 4.56. The van der Waals surface area contributed by atoms with Crippen LogP contribution in [0.5, 0.6) is 0 Å². The summed E-state index contributed by atoms with van der Waals surface area (Å²) < 4.78 is 6.03. The summed E-state index contributed by atoms with van der Waals surface area (Å²) in [5.41, 5.74) is 1.36. The Kier molecular flexibility index (Phi) is 2.98. The smallest absolute Gasteiger partial charge is 0.137 e. The van der Waals surface area contributed by atoms with E-state index >= 15 is 0 Å². The van der Waals surface area contributed by atoms with Gasteiger partial charge in [-0.2, -0.15) is 0 Å². The summed E-state index contributed by atoms with van der Waals surface area (Å²) in [7, 11) is 0. The first-order chi connectivity index (χ1) is 9.29. The highest BCUT2D eigenvalue weighted by Gasteiger charge is 2.44. The van der Waals surface area contributed by atoms with Gasteiger partial charge in [-0.15, -0.1) is 0 Å². The molecule has 2 heteroatoms. The Labute approximate surface area is 120 Å². The quantitative estimate of drug-likeness (QED) is 0.810. The van der Waals surface area contributed by atoms with Gasteiger partial charge in [-0.25, -0.2) is 0 Å². The molecular formula is C18H24O2. The Balaban J connectivity index is 2.07. The van der Waals surface area contributed by atoms with E-state index in [-0.39, 0.29) is 5.41 Å². The number of fused-ring (bicyclic) bond motifs is 1. The first-order valence-corrected chi connectivity index (χ1v) is 7.51. The summed E-state index contributed by atoms with van der Waals surface area (Å²) in [6.45, 7) is 8.75. The maximum absolute atomic E-state index is 11.1. The van der Waals surface area contributed by atoms with Crippen LogP contribution in [-0.2, 0) is 5.60 Å². The molecule has 1 aliphatic rings. The first-order valence-electron chi connectivity index (χ1n) is 7.51. The molecule has 1 aliphatic carbocycles. The topological polar surface area (TPSA) is 33.4 Å². The molecule has 0 radical (unpaired) electrons. The van der Waals surface area contributed by atoms with Gasteiger partial charge in [0.1, 0.15) is 16.9 Å². The van der Waals surface area contributed by atoms with E-state index in [2.05, 4.69) is 26.8 Å². The average molecular weight is 272 g/mol. The average Bonchev–Trinajstić information content (AvgIpc) is 2.71. The third kappa shape index (κ3) is 2.26. The number of hydrogen-bond donors (Lipinski definition) is 1. The van der Waals surface area contributed by atoms with Crippen LogP contribution in [0.2, 0.25) is 0 Å². The van der Waals surface area contributed by atoms with Crippen LogP contribution in [0.15, 0.2) is 28.7 Å². The zero-order valence-corrected chi connectivity index (χ0v) is 12.9. The monoisotopic (exact) mass is 272 g/mol. The highest BCUT2D eigenvalue weighted by atomic mass is 16.4. The Morgan fingerprint density at radius 3 is 2.65 bits per heavy atom. The van der Waals surface area contributed by atoms with Crippen molar-refractivity contribution in [1.82, 2.24) is 0 Å². The predicted molar refractivity (Wildman–Crippen MR) is 81.6 cm³/mol. The molecule has 1 aromatic carbocycles. The van der Waals surface area contributed by atoms with Crippen molar-refractivity contribution in [3.8, 4) is 0 Å². The molecule has 2 atom stereocenters. The van der Waals surface area contributed by atoms with Gasteiger partial charge in [0, 0.05) is 5.39 Å². The van der Waals surface area contributed by atoms with Crippen molar-refractivity contribution < 1.29 is 9.52 Å². The number of aryl methyl sites for hydroxylation is 1. The maximum Gasteiger partial charge on any atom is 0.137 e. The fraction of sp³-hybridized carbons (Fsp3) is 0.556. The predicted octanol–water partition coefficient (Wildman–Crippen LogP) is 4.78. The first kappa shape index (κ1) is 13.7. The molecule has 2 nitrogen and oxygen atoms in total. The summed E-state index contributed by atoms with van der Waals surface area (Å²) in [6, 6.07) is 8.16. The second-order valence-corrected chi connectivity index (χ2v) is 7.49. The molecule has 1 N–H and O–H groups in total. The standard InChI is InChI=1S/C18H24O2/c1-12-9-17(3,4)11-18(19,10-12)15-8-14-7-5-6-13(2)16(14)20-15/h5-8,12,19H,9-11H2,1-4H3. The van der Waals surface area contributed by atoms with Crippen LogP contribution in [0.1, 0.15) is 51.4 Å². The Morgan fingerprint density at radius 1 is 1.25 bits per heavy atom. The van der Waals surface area contributed by atoms with Gasteiger partial charge in [0.2, 0.25) is 0 Å². The highest BCUT2D eigenvalue weighted by Crippen LogP contribution is 2.49. The molecule has 1 heterocycles. The van der Waals surface area contributed by atoms with Crippen LogP contribution in [0, 0.1) is 18.3 Å². The Hall–Kier alpha value is -1.28. The lowest BCUT2D eigenvalue weighted by atomic mass is 9.65. The zero-order valence-electron chi connectivity index (χ0n) is 12.9. The molecule has 0 amide bonds. The molecule has 1 fully saturated rings. The van der Waals surface area contributed by atoms with Gasteiger partial charge in [0.15, 0.2) is 0 Å². The van der Waals surface area contributed by atoms with Crippen molar-refractivity contribution in [1.29, 1.82) is 0 Å². The number of aliphatic hydroxyl groups is 1. The van der Waals surface area contributed by atoms with Crippen LogP contribution in [-0.4, -0.2) is 5.11 Å². The number of furan rings is 1. The van der Waals surface area contributed by atoms with E-state index in [1.54, 1.807) is 0 Å². The maximum atomic E-state index is 11.1. The van der Waals surface area contributed by atoms with Crippen LogP contribution in [0.4, 0.5) is 0 Å². The van der Waals surface area contributed by atoms with Crippen molar-refractivity contribution in [3.63, 3.8) is 0 Å². The molecule has 0 saturated heterocycles. The molecule has 0 aliphatic heterocycles. The summed E-state index contributed by atoms with van der Waals surface area (Å²) in [5.74, 6) is 1.25. The molecule has 108 valence electrons. The van der Waals surface area contributed by atoms with Crippen molar-refractivity contribution >= 4 is 11.0 Å². The van der Waals surface area contributed by atoms with Crippen LogP contribution < -0.4 is 0 Å². The molecule has 1 saturated carbocycles. The van der Waals surface area contributed by atoms with Crippen molar-refractivity contribution in [2.45, 2.75) is 52.6 Å². The fourth-order valence-electron chi connectivity index (χ4n) is 4.15. The molecular weight excluding hydrogens is 248 g/mol. The van der Waals surface area contributed by atoms with E-state index in [0.29, 0.717) is 5.92 Å². The number of hydrogen-bond acceptors (Lipinski definition) is 2. The second kappa shape index (κ2) is 4.36. The van der Waals surface area contributed by atoms with E-state index in [4.69, 9.17) is 4.42 Å². The lowest BCUT2D eigenvalue weighted by Gasteiger charge is -2.43. The molecule has 2 unspecified atom stereocenters. The summed E-state index contributed by atoms with van der Waals surface area (Å²) in [6.07, 6.45) is 2.72. The normalized spacial score (nSPS) is 29.8. The summed E-state index contributed by atoms with van der Waals surface area (Å²) in [5, 5.41) is 12.2. The van der Waals surface area contributed by atoms with E-state index in [1.165, 1.54) is 0 Å². The van der Waals surface area contributed by atoms with Gasteiger partial charge < -0.3 is 9.52 Å². The van der Waals surface area contributed by atoms with Crippen molar-refractivity contribution in [3.05, 3.63) is 35.6 Å². The molecule has 2 aromatic rings. The number of benzene rings is 1. The number of para-hydroxylation sites is 1. The highest BCUT2D eigenvalue weighted by molar-refractivity contribution is 5.81. The SMILES string of the molecule is Cc1cccc2cc(C3(O)CC(C)CC(C)(C)C3)oc12. The van der Waals surface area contributed by atoms with E-state index in [0.717, 1.165) is 41.6 Å². The second-order valence-electron chi connectivity index (χ2n) is 7.49. The molecule has 1 aromatic heterocycles. The van der Waals surface area contributed by atoms with Gasteiger partial charge in [0.25, 0.3) is 0 Å². The minimum absolute atomic E-state index is 0.153. The van der Waals surface area contributed by atoms with Crippen LogP contribution in [0.3, 0.4) is 0 Å². The van der Waals surface area contributed by atoms with E-state index < -0.39 is 5.60 Å². The van der Waals surface area contributed by atoms with Crippen molar-refractivity contribution in [2.24, 2.45) is 11.3 Å². The Morgan fingerprint density at radius 2 is 2.00 bits per heavy atom. The Bertz CT molecular complexity index is 638. The van der Waals surface area contributed by atoms with Gasteiger partial charge in [0.05, 0.1) is 0 Å². The zero-order chi connectivity index (χ0) is 14.5. The van der Waals surface area contributed by atoms with E-state index in [9.17, 15) is 5.11 Å². The molecule has 0 spiro atoms. The molecule has 3 rings (SSSR count). The molecule has 20 heavy (non-hydrogen) atoms. The molecule has 0 bridgehead atoms. The lowest BCUT2D eigenvalue weighted by molar-refractivity contribution is -0.0767. The van der Waals surface area contributed by atoms with Crippen LogP contribution >= 0.6 is 0 Å². The van der Waals surface area contributed by atoms with Gasteiger partial charge in [-0.3, -0.25) is 0 Å². The minimum atomic E-state index is -0.827. The third-order valence-corrected chi connectivity index (χ3v) is 4.56. The van der Waals surface area contributed by atoms with Gasteiger partial charge in [-0.1, -0.05) is 39.0 Å². The summed E-state index contributed by atoms with van der Waals surface area (Å²) >= 11 is 0. The van der Waals surface area contributed by atoms with Crippen molar-refractivity contribution in [2.75, 3.05) is 0 Å². The van der Waals surface area contributed by atoms with Gasteiger partial charge in [-0.05, 0) is 49.1 Å². The lowest BCUT2D eigenvalue weighted by Crippen LogP contribution is -2.39. The summed E-state index contributed by atoms with van der Waals surface area (Å²) in [4.78, 5) is 0. The van der Waals surface area contributed by atoms with Gasteiger partial charge >= 0.3 is 0 Å². The van der Waals surface area contributed by atoms with E-state index in [1.807, 2.05) is 25.1 Å². The van der Waals surface area contributed by atoms with Crippen LogP contribution in [0.25, 0.3) is 11.0 Å². The number of rotatable bonds is 1.